The summed E-state index contributed by atoms with van der Waals surface area (Å²) in [6.07, 6.45) is -6.17. The van der Waals surface area contributed by atoms with Crippen LogP contribution in [0.3, 0.4) is 0 Å². The number of halogens is 4. The number of hydrogen-bond acceptors (Lipinski definition) is 4. The number of alkyl halides is 3. The first kappa shape index (κ1) is 16.3. The molecule has 0 aliphatic heterocycles. The third kappa shape index (κ3) is 4.71. The van der Waals surface area contributed by atoms with Gasteiger partial charge >= 0.3 is 12.3 Å². The molecule has 0 aromatic heterocycles. The van der Waals surface area contributed by atoms with E-state index in [1.165, 1.54) is 0 Å². The minimum atomic E-state index is -4.58. The van der Waals surface area contributed by atoms with Gasteiger partial charge in [0.05, 0.1) is 8.49 Å². The lowest BCUT2D eigenvalue weighted by Crippen LogP contribution is -2.20. The number of hydrogen-bond donors (Lipinski definition) is 2. The van der Waals surface area contributed by atoms with E-state index in [2.05, 4.69) is 4.74 Å². The Morgan fingerprint density at radius 3 is 2.55 bits per heavy atom. The van der Waals surface area contributed by atoms with E-state index < -0.39 is 35.2 Å². The van der Waals surface area contributed by atoms with E-state index in [1.807, 2.05) is 0 Å². The average Bonchev–Trinajstić information content (AvgIpc) is 2.27. The Kier molecular flexibility index (Phi) is 4.97. The number of carboxylic acid groups (broad SMARTS) is 1. The second-order valence-electron chi connectivity index (χ2n) is 3.39. The highest BCUT2D eigenvalue weighted by Gasteiger charge is 2.29. The molecule has 1 aromatic rings. The molecule has 7 nitrogen and oxygen atoms in total. The standard InChI is InChI=1S/C9H6F3IN2O5/c10-9(11,12)3-20-7-2-5(14-8(16)17)6(15(18)19)1-4(7)13/h1-2,14H,3H2,(H,16,17). The molecule has 110 valence electrons. The molecule has 11 heteroatoms. The first-order valence-corrected chi connectivity index (χ1v) is 5.85. The summed E-state index contributed by atoms with van der Waals surface area (Å²) in [6, 6.07) is 1.75. The number of nitrogens with zero attached hydrogens (tertiary/aromatic N) is 1. The van der Waals surface area contributed by atoms with Gasteiger partial charge in [0.25, 0.3) is 5.69 Å². The van der Waals surface area contributed by atoms with Crippen LogP contribution in [0.4, 0.5) is 29.3 Å². The predicted octanol–water partition coefficient (Wildman–Crippen LogP) is 3.23. The molecule has 0 fully saturated rings. The minimum Gasteiger partial charge on any atom is -0.483 e. The Balaban J connectivity index is 3.14. The highest BCUT2D eigenvalue weighted by Crippen LogP contribution is 2.34. The number of nitro benzene ring substituents is 1. The second kappa shape index (κ2) is 6.11. The van der Waals surface area contributed by atoms with Crippen molar-refractivity contribution in [1.82, 2.24) is 0 Å². The number of nitro groups is 1. The third-order valence-electron chi connectivity index (χ3n) is 1.88. The van der Waals surface area contributed by atoms with Crippen molar-refractivity contribution in [3.63, 3.8) is 0 Å². The van der Waals surface area contributed by atoms with E-state index >= 15 is 0 Å². The summed E-state index contributed by atoms with van der Waals surface area (Å²) in [7, 11) is 0. The zero-order valence-electron chi connectivity index (χ0n) is 9.40. The molecule has 0 saturated heterocycles. The van der Waals surface area contributed by atoms with Crippen molar-refractivity contribution in [3.05, 3.63) is 25.8 Å². The fourth-order valence-corrected chi connectivity index (χ4v) is 1.79. The molecule has 2 N–H and O–H groups in total. The lowest BCUT2D eigenvalue weighted by molar-refractivity contribution is -0.384. The van der Waals surface area contributed by atoms with Crippen LogP contribution in [-0.4, -0.2) is 28.9 Å². The number of rotatable bonds is 4. The Hall–Kier alpha value is -1.79. The summed E-state index contributed by atoms with van der Waals surface area (Å²) >= 11 is 1.55. The monoisotopic (exact) mass is 406 g/mol. The van der Waals surface area contributed by atoms with E-state index in [9.17, 15) is 28.1 Å². The van der Waals surface area contributed by atoms with Gasteiger partial charge in [-0.3, -0.25) is 15.4 Å². The van der Waals surface area contributed by atoms with Crippen molar-refractivity contribution in [2.45, 2.75) is 6.18 Å². The Bertz CT molecular complexity index is 549. The number of ether oxygens (including phenoxy) is 1. The van der Waals surface area contributed by atoms with Crippen LogP contribution in [0.15, 0.2) is 12.1 Å². The van der Waals surface area contributed by atoms with Crippen LogP contribution in [-0.2, 0) is 0 Å². The van der Waals surface area contributed by atoms with Gasteiger partial charge in [-0.05, 0) is 22.6 Å². The van der Waals surface area contributed by atoms with E-state index in [-0.39, 0.29) is 9.32 Å². The average molecular weight is 406 g/mol. The van der Waals surface area contributed by atoms with Crippen molar-refractivity contribution < 1.29 is 32.7 Å². The fraction of sp³-hybridized carbons (Fsp3) is 0.222. The molecule has 0 spiro atoms. The maximum Gasteiger partial charge on any atom is 0.422 e. The molecular formula is C9H6F3IN2O5. The fourth-order valence-electron chi connectivity index (χ4n) is 1.18. The number of benzene rings is 1. The van der Waals surface area contributed by atoms with Crippen LogP contribution in [0.2, 0.25) is 0 Å². The van der Waals surface area contributed by atoms with Crippen molar-refractivity contribution in [2.24, 2.45) is 0 Å². The van der Waals surface area contributed by atoms with E-state index in [1.54, 1.807) is 27.9 Å². The molecule has 20 heavy (non-hydrogen) atoms. The van der Waals surface area contributed by atoms with Gasteiger partial charge in [-0.2, -0.15) is 13.2 Å². The molecule has 0 unspecified atom stereocenters. The molecule has 0 atom stereocenters. The van der Waals surface area contributed by atoms with Gasteiger partial charge < -0.3 is 9.84 Å². The number of nitrogens with one attached hydrogen (secondary N) is 1. The van der Waals surface area contributed by atoms with Crippen molar-refractivity contribution in [1.29, 1.82) is 0 Å². The van der Waals surface area contributed by atoms with Crippen LogP contribution >= 0.6 is 22.6 Å². The van der Waals surface area contributed by atoms with Gasteiger partial charge in [0, 0.05) is 12.1 Å². The van der Waals surface area contributed by atoms with Crippen LogP contribution in [0.25, 0.3) is 0 Å². The molecule has 0 heterocycles. The van der Waals surface area contributed by atoms with Crippen LogP contribution in [0.1, 0.15) is 0 Å². The molecule has 1 aromatic carbocycles. The quantitative estimate of drug-likeness (QED) is 0.454. The number of amides is 1. The molecule has 0 bridgehead atoms. The molecule has 1 amide bonds. The van der Waals surface area contributed by atoms with Gasteiger partial charge in [-0.25, -0.2) is 4.79 Å². The van der Waals surface area contributed by atoms with Gasteiger partial charge in [-0.15, -0.1) is 0 Å². The maximum atomic E-state index is 12.0. The largest absolute Gasteiger partial charge is 0.483 e. The summed E-state index contributed by atoms with van der Waals surface area (Å²) in [5.74, 6) is -0.308. The van der Waals surface area contributed by atoms with Gasteiger partial charge in [0.1, 0.15) is 11.4 Å². The molecule has 0 radical (unpaired) electrons. The lowest BCUT2D eigenvalue weighted by atomic mass is 10.2. The summed E-state index contributed by atoms with van der Waals surface area (Å²) in [4.78, 5) is 20.4. The van der Waals surface area contributed by atoms with Crippen LogP contribution in [0, 0.1) is 13.7 Å². The van der Waals surface area contributed by atoms with Gasteiger partial charge in [-0.1, -0.05) is 0 Å². The van der Waals surface area contributed by atoms with Crippen LogP contribution in [0.5, 0.6) is 5.75 Å². The molecule has 0 aliphatic rings. The Labute approximate surface area is 123 Å². The van der Waals surface area contributed by atoms with Crippen LogP contribution < -0.4 is 10.1 Å². The third-order valence-corrected chi connectivity index (χ3v) is 2.72. The summed E-state index contributed by atoms with van der Waals surface area (Å²) < 4.78 is 40.7. The SMILES string of the molecule is O=C(O)Nc1cc(OCC(F)(F)F)c(I)cc1[N+](=O)[O-]. The topological polar surface area (TPSA) is 102 Å². The second-order valence-corrected chi connectivity index (χ2v) is 4.55. The van der Waals surface area contributed by atoms with E-state index in [0.29, 0.717) is 0 Å². The first-order valence-electron chi connectivity index (χ1n) is 4.77. The highest BCUT2D eigenvalue weighted by atomic mass is 127. The number of anilines is 1. The smallest absolute Gasteiger partial charge is 0.422 e. The Morgan fingerprint density at radius 2 is 2.10 bits per heavy atom. The molecule has 0 aliphatic carbocycles. The zero-order chi connectivity index (χ0) is 15.5. The Morgan fingerprint density at radius 1 is 1.50 bits per heavy atom. The minimum absolute atomic E-state index is 0.0505. The zero-order valence-corrected chi connectivity index (χ0v) is 11.6. The predicted molar refractivity (Wildman–Crippen MR) is 69.0 cm³/mol. The highest BCUT2D eigenvalue weighted by molar-refractivity contribution is 14.1. The summed E-state index contributed by atoms with van der Waals surface area (Å²) in [6.45, 7) is -1.59. The van der Waals surface area contributed by atoms with Crippen molar-refractivity contribution in [2.75, 3.05) is 11.9 Å². The molecule has 1 rings (SSSR count). The molecule has 0 saturated carbocycles. The van der Waals surface area contributed by atoms with Gasteiger partial charge in [0.2, 0.25) is 0 Å². The van der Waals surface area contributed by atoms with Gasteiger partial charge in [0.15, 0.2) is 6.61 Å². The van der Waals surface area contributed by atoms with E-state index in [0.717, 1.165) is 12.1 Å². The van der Waals surface area contributed by atoms with Crippen molar-refractivity contribution in [3.8, 4) is 5.75 Å². The summed E-state index contributed by atoms with van der Waals surface area (Å²) in [5.41, 5.74) is -1.06. The normalized spacial score (nSPS) is 11.0. The van der Waals surface area contributed by atoms with E-state index in [4.69, 9.17) is 5.11 Å². The first-order chi connectivity index (χ1) is 9.10. The lowest BCUT2D eigenvalue weighted by Gasteiger charge is -2.12. The maximum absolute atomic E-state index is 12.0. The summed E-state index contributed by atoms with van der Waals surface area (Å²) in [5, 5.41) is 21.0. The number of carbonyl (C=O) groups is 1. The van der Waals surface area contributed by atoms with Crippen molar-refractivity contribution >= 4 is 40.1 Å². The molecular weight excluding hydrogens is 400 g/mol.